The predicted molar refractivity (Wildman–Crippen MR) is 94.9 cm³/mol. The Morgan fingerprint density at radius 2 is 1.96 bits per heavy atom. The van der Waals surface area contributed by atoms with Gasteiger partial charge in [-0.1, -0.05) is 23.7 Å². The van der Waals surface area contributed by atoms with Gasteiger partial charge in [0.25, 0.3) is 5.91 Å². The van der Waals surface area contributed by atoms with Crippen LogP contribution in [-0.2, 0) is 6.42 Å². The second-order valence-electron chi connectivity index (χ2n) is 5.52. The van der Waals surface area contributed by atoms with Crippen LogP contribution in [-0.4, -0.2) is 10.9 Å². The average Bonchev–Trinajstić information content (AvgIpc) is 3.26. The predicted octanol–water partition coefficient (Wildman–Crippen LogP) is 4.92. The quantitative estimate of drug-likeness (QED) is 0.566. The van der Waals surface area contributed by atoms with Crippen molar-refractivity contribution < 1.29 is 13.6 Å². The summed E-state index contributed by atoms with van der Waals surface area (Å²) in [5.74, 6) is 0.546. The van der Waals surface area contributed by atoms with Crippen molar-refractivity contribution in [1.82, 2.24) is 4.98 Å². The molecule has 0 aliphatic carbocycles. The molecule has 0 aliphatic heterocycles. The van der Waals surface area contributed by atoms with E-state index in [-0.39, 0.29) is 11.7 Å². The van der Waals surface area contributed by atoms with Crippen molar-refractivity contribution in [3.05, 3.63) is 83.1 Å². The third-order valence-corrected chi connectivity index (χ3v) is 3.96. The van der Waals surface area contributed by atoms with Crippen LogP contribution in [0.15, 0.2) is 69.7 Å². The Hall–Kier alpha value is -3.05. The van der Waals surface area contributed by atoms with Crippen molar-refractivity contribution in [2.45, 2.75) is 6.42 Å². The largest absolute Gasteiger partial charge is 0.459 e. The Kier molecular flexibility index (Phi) is 3.99. The number of oxazole rings is 1. The molecule has 4 aromatic rings. The van der Waals surface area contributed by atoms with Crippen LogP contribution in [0.2, 0.25) is 5.02 Å². The van der Waals surface area contributed by atoms with Crippen molar-refractivity contribution in [1.29, 1.82) is 0 Å². The number of rotatable bonds is 4. The van der Waals surface area contributed by atoms with Gasteiger partial charge in [0, 0.05) is 17.1 Å². The highest BCUT2D eigenvalue weighted by Gasteiger charge is 2.11. The number of nitrogens with zero attached hydrogens (tertiary/aromatic N) is 1. The SMILES string of the molecule is O=C(Nc1ccc2oc(Cc3ccc(Cl)cc3)nc2c1)c1ccco1. The Morgan fingerprint density at radius 3 is 2.72 bits per heavy atom. The summed E-state index contributed by atoms with van der Waals surface area (Å²) in [7, 11) is 0. The van der Waals surface area contributed by atoms with Gasteiger partial charge in [-0.3, -0.25) is 4.79 Å². The number of carbonyl (C=O) groups is 1. The summed E-state index contributed by atoms with van der Waals surface area (Å²) >= 11 is 5.89. The van der Waals surface area contributed by atoms with Gasteiger partial charge in [0.1, 0.15) is 5.52 Å². The Morgan fingerprint density at radius 1 is 1.12 bits per heavy atom. The smallest absolute Gasteiger partial charge is 0.291 e. The highest BCUT2D eigenvalue weighted by atomic mass is 35.5. The van der Waals surface area contributed by atoms with Gasteiger partial charge < -0.3 is 14.2 Å². The fourth-order valence-corrected chi connectivity index (χ4v) is 2.63. The maximum atomic E-state index is 12.0. The molecule has 0 saturated carbocycles. The maximum Gasteiger partial charge on any atom is 0.291 e. The van der Waals surface area contributed by atoms with E-state index >= 15 is 0 Å². The van der Waals surface area contributed by atoms with Gasteiger partial charge in [-0.25, -0.2) is 4.98 Å². The highest BCUT2D eigenvalue weighted by molar-refractivity contribution is 6.30. The number of aromatic nitrogens is 1. The number of carbonyl (C=O) groups excluding carboxylic acids is 1. The third kappa shape index (κ3) is 3.41. The van der Waals surface area contributed by atoms with Crippen LogP contribution in [0.1, 0.15) is 22.0 Å². The molecular weight excluding hydrogens is 340 g/mol. The summed E-state index contributed by atoms with van der Waals surface area (Å²) in [4.78, 5) is 16.5. The number of halogens is 1. The van der Waals surface area contributed by atoms with Gasteiger partial charge in [0.15, 0.2) is 17.2 Å². The normalized spacial score (nSPS) is 10.9. The average molecular weight is 353 g/mol. The number of fused-ring (bicyclic) bond motifs is 1. The lowest BCUT2D eigenvalue weighted by molar-refractivity contribution is 0.0996. The lowest BCUT2D eigenvalue weighted by Crippen LogP contribution is -2.10. The maximum absolute atomic E-state index is 12.0. The van der Waals surface area contributed by atoms with Crippen LogP contribution in [0.4, 0.5) is 5.69 Å². The zero-order chi connectivity index (χ0) is 17.2. The first kappa shape index (κ1) is 15.5. The number of hydrogen-bond acceptors (Lipinski definition) is 4. The molecule has 4 rings (SSSR count). The second kappa shape index (κ2) is 6.45. The van der Waals surface area contributed by atoms with Crippen LogP contribution in [0.3, 0.4) is 0 Å². The molecule has 0 aliphatic rings. The Labute approximate surface area is 148 Å². The first-order valence-electron chi connectivity index (χ1n) is 7.66. The van der Waals surface area contributed by atoms with E-state index in [0.29, 0.717) is 34.1 Å². The fraction of sp³-hybridized carbons (Fsp3) is 0.0526. The molecule has 1 N–H and O–H groups in total. The molecular formula is C19H13ClN2O3. The van der Waals surface area contributed by atoms with Crippen LogP contribution in [0.5, 0.6) is 0 Å². The van der Waals surface area contributed by atoms with Crippen LogP contribution < -0.4 is 5.32 Å². The first-order valence-corrected chi connectivity index (χ1v) is 8.04. The van der Waals surface area contributed by atoms with Gasteiger partial charge in [0.2, 0.25) is 0 Å². The molecule has 2 aromatic heterocycles. The van der Waals surface area contributed by atoms with Crippen LogP contribution >= 0.6 is 11.6 Å². The molecule has 0 unspecified atom stereocenters. The molecule has 0 radical (unpaired) electrons. The minimum absolute atomic E-state index is 0.253. The van der Waals surface area contributed by atoms with E-state index in [9.17, 15) is 4.79 Å². The van der Waals surface area contributed by atoms with E-state index in [0.717, 1.165) is 5.56 Å². The molecule has 2 aromatic carbocycles. The van der Waals surface area contributed by atoms with Gasteiger partial charge in [-0.2, -0.15) is 0 Å². The third-order valence-electron chi connectivity index (χ3n) is 3.70. The van der Waals surface area contributed by atoms with Crippen molar-refractivity contribution >= 4 is 34.3 Å². The Balaban J connectivity index is 1.54. The van der Waals surface area contributed by atoms with E-state index < -0.39 is 0 Å². The van der Waals surface area contributed by atoms with Crippen molar-refractivity contribution in [3.63, 3.8) is 0 Å². The molecule has 0 bridgehead atoms. The summed E-state index contributed by atoms with van der Waals surface area (Å²) in [5, 5.41) is 3.47. The molecule has 0 spiro atoms. The minimum atomic E-state index is -0.311. The van der Waals surface area contributed by atoms with Gasteiger partial charge in [-0.15, -0.1) is 0 Å². The lowest BCUT2D eigenvalue weighted by atomic mass is 10.1. The van der Waals surface area contributed by atoms with E-state index in [4.69, 9.17) is 20.4 Å². The number of anilines is 1. The summed E-state index contributed by atoms with van der Waals surface area (Å²) in [6.45, 7) is 0. The van der Waals surface area contributed by atoms with Crippen molar-refractivity contribution in [3.8, 4) is 0 Å². The second-order valence-corrected chi connectivity index (χ2v) is 5.96. The molecule has 0 atom stereocenters. The summed E-state index contributed by atoms with van der Waals surface area (Å²) < 4.78 is 10.8. The number of benzene rings is 2. The number of hydrogen-bond donors (Lipinski definition) is 1. The lowest BCUT2D eigenvalue weighted by Gasteiger charge is -2.01. The zero-order valence-electron chi connectivity index (χ0n) is 13.0. The molecule has 25 heavy (non-hydrogen) atoms. The first-order chi connectivity index (χ1) is 12.2. The van der Waals surface area contributed by atoms with Gasteiger partial charge in [-0.05, 0) is 48.0 Å². The van der Waals surface area contributed by atoms with E-state index in [1.54, 1.807) is 30.3 Å². The number of furan rings is 1. The molecule has 5 nitrogen and oxygen atoms in total. The van der Waals surface area contributed by atoms with Crippen LogP contribution in [0.25, 0.3) is 11.1 Å². The molecule has 6 heteroatoms. The van der Waals surface area contributed by atoms with E-state index in [1.165, 1.54) is 6.26 Å². The fourth-order valence-electron chi connectivity index (χ4n) is 2.51. The summed E-state index contributed by atoms with van der Waals surface area (Å²) in [6, 6.07) is 16.1. The molecule has 0 fully saturated rings. The Bertz CT molecular complexity index is 1020. The van der Waals surface area contributed by atoms with Crippen molar-refractivity contribution in [2.24, 2.45) is 0 Å². The standard InChI is InChI=1S/C19H13ClN2O3/c20-13-5-3-12(4-6-13)10-18-22-15-11-14(7-8-16(15)25-18)21-19(23)17-2-1-9-24-17/h1-9,11H,10H2,(H,21,23). The summed E-state index contributed by atoms with van der Waals surface area (Å²) in [6.07, 6.45) is 2.03. The highest BCUT2D eigenvalue weighted by Crippen LogP contribution is 2.22. The number of nitrogens with one attached hydrogen (secondary N) is 1. The zero-order valence-corrected chi connectivity index (χ0v) is 13.8. The topological polar surface area (TPSA) is 68.3 Å². The molecule has 0 saturated heterocycles. The van der Waals surface area contributed by atoms with Crippen LogP contribution in [0, 0.1) is 0 Å². The molecule has 124 valence electrons. The van der Waals surface area contributed by atoms with E-state index in [2.05, 4.69) is 10.3 Å². The van der Waals surface area contributed by atoms with Crippen molar-refractivity contribution in [2.75, 3.05) is 5.32 Å². The molecule has 1 amide bonds. The van der Waals surface area contributed by atoms with Gasteiger partial charge >= 0.3 is 0 Å². The van der Waals surface area contributed by atoms with E-state index in [1.807, 2.05) is 24.3 Å². The minimum Gasteiger partial charge on any atom is -0.459 e. The summed E-state index contributed by atoms with van der Waals surface area (Å²) in [5.41, 5.74) is 3.03. The number of amides is 1. The monoisotopic (exact) mass is 352 g/mol. The molecule has 2 heterocycles. The van der Waals surface area contributed by atoms with Gasteiger partial charge in [0.05, 0.1) is 6.26 Å².